The number of nitrogens with one attached hydrogen (secondary N) is 1. The first-order valence-electron chi connectivity index (χ1n) is 5.01. The van der Waals surface area contributed by atoms with E-state index in [1.165, 1.54) is 0 Å². The third-order valence-electron chi connectivity index (χ3n) is 2.03. The topological polar surface area (TPSA) is 63.2 Å². The van der Waals surface area contributed by atoms with E-state index in [9.17, 15) is 13.2 Å². The molecule has 1 amide bonds. The fraction of sp³-hybridized carbons (Fsp3) is 0.364. The van der Waals surface area contributed by atoms with Crippen LogP contribution in [0.2, 0.25) is 0 Å². The first kappa shape index (κ1) is 14.2. The second-order valence-corrected chi connectivity index (χ2v) is 7.12. The fourth-order valence-electron chi connectivity index (χ4n) is 1.31. The molecule has 1 aromatic rings. The third kappa shape index (κ3) is 5.83. The van der Waals surface area contributed by atoms with Crippen LogP contribution < -0.4 is 5.32 Å². The van der Waals surface area contributed by atoms with Gasteiger partial charge in [0.25, 0.3) is 0 Å². The molecule has 1 aromatic carbocycles. The Labute approximate surface area is 109 Å². The molecule has 0 heterocycles. The number of anilines is 1. The van der Waals surface area contributed by atoms with E-state index in [4.69, 9.17) is 0 Å². The van der Waals surface area contributed by atoms with Gasteiger partial charge in [0.05, 0.1) is 5.75 Å². The maximum absolute atomic E-state index is 11.5. The summed E-state index contributed by atoms with van der Waals surface area (Å²) in [6.45, 7) is 1.91. The predicted molar refractivity (Wildman–Crippen MR) is 71.8 cm³/mol. The van der Waals surface area contributed by atoms with E-state index in [1.807, 2.05) is 19.1 Å². The van der Waals surface area contributed by atoms with Crippen molar-refractivity contribution in [1.82, 2.24) is 0 Å². The minimum Gasteiger partial charge on any atom is -0.326 e. The zero-order chi connectivity index (χ0) is 13.1. The van der Waals surface area contributed by atoms with Crippen LogP contribution >= 0.6 is 15.9 Å². The molecule has 0 aliphatic heterocycles. The van der Waals surface area contributed by atoms with E-state index in [-0.39, 0.29) is 18.1 Å². The monoisotopic (exact) mass is 319 g/mol. The Hall–Kier alpha value is -0.880. The summed E-state index contributed by atoms with van der Waals surface area (Å²) in [5.74, 6) is -0.431. The normalized spacial score (nSPS) is 11.2. The average molecular weight is 320 g/mol. The summed E-state index contributed by atoms with van der Waals surface area (Å²) < 4.78 is 22.7. The zero-order valence-electron chi connectivity index (χ0n) is 9.66. The van der Waals surface area contributed by atoms with Crippen LogP contribution in [0.5, 0.6) is 0 Å². The van der Waals surface area contributed by atoms with E-state index in [2.05, 4.69) is 21.2 Å². The highest BCUT2D eigenvalue weighted by Crippen LogP contribution is 2.19. The van der Waals surface area contributed by atoms with Crippen molar-refractivity contribution in [2.24, 2.45) is 0 Å². The molecular weight excluding hydrogens is 306 g/mol. The standard InChI is InChI=1S/C11H14BrNO3S/c1-8-5-9(12)7-10(6-8)13-11(14)3-4-17(2,15)16/h5-7H,3-4H2,1-2H3,(H,13,14). The first-order valence-corrected chi connectivity index (χ1v) is 7.86. The van der Waals surface area contributed by atoms with Crippen LogP contribution in [0, 0.1) is 6.92 Å². The van der Waals surface area contributed by atoms with E-state index in [1.54, 1.807) is 6.07 Å². The lowest BCUT2D eigenvalue weighted by molar-refractivity contribution is -0.115. The Balaban J connectivity index is 2.62. The Kier molecular flexibility index (Phi) is 4.70. The van der Waals surface area contributed by atoms with Crippen LogP contribution in [0.15, 0.2) is 22.7 Å². The van der Waals surface area contributed by atoms with E-state index >= 15 is 0 Å². The molecule has 0 aromatic heterocycles. The molecule has 1 N–H and O–H groups in total. The van der Waals surface area contributed by atoms with Gasteiger partial charge >= 0.3 is 0 Å². The molecule has 0 saturated heterocycles. The summed E-state index contributed by atoms with van der Waals surface area (Å²) in [7, 11) is -3.10. The number of amides is 1. The Morgan fingerprint density at radius 1 is 1.35 bits per heavy atom. The molecule has 0 saturated carbocycles. The van der Waals surface area contributed by atoms with Gasteiger partial charge in [-0.2, -0.15) is 0 Å². The van der Waals surface area contributed by atoms with Crippen LogP contribution in [-0.2, 0) is 14.6 Å². The van der Waals surface area contributed by atoms with Crippen molar-refractivity contribution in [3.05, 3.63) is 28.2 Å². The number of aryl methyl sites for hydroxylation is 1. The van der Waals surface area contributed by atoms with E-state index in [0.717, 1.165) is 16.3 Å². The van der Waals surface area contributed by atoms with E-state index < -0.39 is 9.84 Å². The molecule has 0 spiro atoms. The average Bonchev–Trinajstić information content (AvgIpc) is 2.11. The van der Waals surface area contributed by atoms with Crippen LogP contribution in [0.3, 0.4) is 0 Å². The summed E-state index contributed by atoms with van der Waals surface area (Å²) in [6.07, 6.45) is 1.09. The lowest BCUT2D eigenvalue weighted by atomic mass is 10.2. The van der Waals surface area contributed by atoms with Gasteiger partial charge in [0.1, 0.15) is 9.84 Å². The lowest BCUT2D eigenvalue weighted by Gasteiger charge is -2.06. The van der Waals surface area contributed by atoms with Crippen LogP contribution in [0.25, 0.3) is 0 Å². The van der Waals surface area contributed by atoms with Crippen molar-refractivity contribution in [2.45, 2.75) is 13.3 Å². The zero-order valence-corrected chi connectivity index (χ0v) is 12.1. The fourth-order valence-corrected chi connectivity index (χ4v) is 2.47. The Morgan fingerprint density at radius 3 is 2.53 bits per heavy atom. The third-order valence-corrected chi connectivity index (χ3v) is 3.43. The van der Waals surface area contributed by atoms with Gasteiger partial charge in [0.15, 0.2) is 0 Å². The van der Waals surface area contributed by atoms with Gasteiger partial charge in [-0.1, -0.05) is 15.9 Å². The van der Waals surface area contributed by atoms with Gasteiger partial charge in [-0.15, -0.1) is 0 Å². The van der Waals surface area contributed by atoms with Crippen molar-refractivity contribution >= 4 is 37.4 Å². The van der Waals surface area contributed by atoms with Crippen molar-refractivity contribution < 1.29 is 13.2 Å². The number of rotatable bonds is 4. The largest absolute Gasteiger partial charge is 0.326 e. The quantitative estimate of drug-likeness (QED) is 0.924. The molecule has 0 aliphatic rings. The predicted octanol–water partition coefficient (Wildman–Crippen LogP) is 2.13. The smallest absolute Gasteiger partial charge is 0.225 e. The van der Waals surface area contributed by atoms with Gasteiger partial charge < -0.3 is 5.32 Å². The van der Waals surface area contributed by atoms with Crippen molar-refractivity contribution in [3.63, 3.8) is 0 Å². The molecular formula is C11H14BrNO3S. The van der Waals surface area contributed by atoms with Crippen molar-refractivity contribution in [2.75, 3.05) is 17.3 Å². The van der Waals surface area contributed by atoms with Gasteiger partial charge in [0.2, 0.25) is 5.91 Å². The first-order chi connectivity index (χ1) is 7.76. The van der Waals surface area contributed by atoms with Gasteiger partial charge in [-0.3, -0.25) is 4.79 Å². The molecule has 0 aliphatic carbocycles. The second kappa shape index (κ2) is 5.64. The highest BCUT2D eigenvalue weighted by molar-refractivity contribution is 9.10. The summed E-state index contributed by atoms with van der Waals surface area (Å²) in [4.78, 5) is 11.5. The second-order valence-electron chi connectivity index (χ2n) is 3.95. The number of halogens is 1. The van der Waals surface area contributed by atoms with Crippen LogP contribution in [-0.4, -0.2) is 26.3 Å². The summed E-state index contributed by atoms with van der Waals surface area (Å²) in [5.41, 5.74) is 1.67. The Bertz CT molecular complexity index is 505. The lowest BCUT2D eigenvalue weighted by Crippen LogP contribution is -2.16. The number of hydrogen-bond acceptors (Lipinski definition) is 3. The SMILES string of the molecule is Cc1cc(Br)cc(NC(=O)CCS(C)(=O)=O)c1. The molecule has 4 nitrogen and oxygen atoms in total. The summed E-state index contributed by atoms with van der Waals surface area (Å²) in [5, 5.41) is 2.66. The molecule has 0 fully saturated rings. The van der Waals surface area contributed by atoms with Crippen LogP contribution in [0.4, 0.5) is 5.69 Å². The summed E-state index contributed by atoms with van der Waals surface area (Å²) >= 11 is 3.33. The molecule has 94 valence electrons. The molecule has 0 bridgehead atoms. The highest BCUT2D eigenvalue weighted by atomic mass is 79.9. The number of hydrogen-bond donors (Lipinski definition) is 1. The van der Waals surface area contributed by atoms with Crippen molar-refractivity contribution in [1.29, 1.82) is 0 Å². The molecule has 17 heavy (non-hydrogen) atoms. The number of carbonyl (C=O) groups is 1. The molecule has 1 rings (SSSR count). The maximum Gasteiger partial charge on any atom is 0.225 e. The molecule has 0 unspecified atom stereocenters. The number of sulfone groups is 1. The number of carbonyl (C=O) groups excluding carboxylic acids is 1. The summed E-state index contributed by atoms with van der Waals surface area (Å²) in [6, 6.07) is 5.51. The maximum atomic E-state index is 11.5. The molecule has 0 atom stereocenters. The minimum atomic E-state index is -3.10. The highest BCUT2D eigenvalue weighted by Gasteiger charge is 2.08. The van der Waals surface area contributed by atoms with E-state index in [0.29, 0.717) is 5.69 Å². The van der Waals surface area contributed by atoms with Gasteiger partial charge in [-0.25, -0.2) is 8.42 Å². The van der Waals surface area contributed by atoms with Crippen LogP contribution in [0.1, 0.15) is 12.0 Å². The molecule has 6 heteroatoms. The Morgan fingerprint density at radius 2 is 2.00 bits per heavy atom. The van der Waals surface area contributed by atoms with Gasteiger partial charge in [0, 0.05) is 22.8 Å². The van der Waals surface area contributed by atoms with Gasteiger partial charge in [-0.05, 0) is 30.7 Å². The number of benzene rings is 1. The molecule has 0 radical (unpaired) electrons. The minimum absolute atomic E-state index is 0.0234. The van der Waals surface area contributed by atoms with Crippen molar-refractivity contribution in [3.8, 4) is 0 Å².